The molecule has 0 aromatic carbocycles. The summed E-state index contributed by atoms with van der Waals surface area (Å²) in [6, 6.07) is 0. The summed E-state index contributed by atoms with van der Waals surface area (Å²) in [6.45, 7) is 0. The summed E-state index contributed by atoms with van der Waals surface area (Å²) in [4.78, 5) is 0. The van der Waals surface area contributed by atoms with Crippen molar-refractivity contribution < 1.29 is 13.5 Å². The van der Waals surface area contributed by atoms with Crippen LogP contribution in [0.1, 0.15) is 6.42 Å². The number of halogens is 2. The van der Waals surface area contributed by atoms with Crippen LogP contribution in [0.4, 0.5) is 8.78 Å². The van der Waals surface area contributed by atoms with Gasteiger partial charge in [-0.25, -0.2) is 8.78 Å². The fraction of sp³-hybridized carbons (Fsp3) is 0.333. The van der Waals surface area contributed by atoms with E-state index in [2.05, 4.69) is 4.74 Å². The van der Waals surface area contributed by atoms with Crippen LogP contribution >= 0.6 is 0 Å². The molecule has 0 saturated carbocycles. The van der Waals surface area contributed by atoms with E-state index in [-0.39, 0.29) is 5.76 Å². The second kappa shape index (κ2) is 2.62. The minimum Gasteiger partial charge on any atom is -0.464 e. The largest absolute Gasteiger partial charge is 0.464 e. The van der Waals surface area contributed by atoms with Crippen molar-refractivity contribution in [1.29, 1.82) is 0 Å². The van der Waals surface area contributed by atoms with Gasteiger partial charge < -0.3 is 4.74 Å². The maximum atomic E-state index is 11.7. The summed E-state index contributed by atoms with van der Waals surface area (Å²) in [6.07, 6.45) is 2.38. The first-order valence-corrected chi connectivity index (χ1v) is 2.60. The van der Waals surface area contributed by atoms with Gasteiger partial charge in [0, 0.05) is 0 Å². The molecular weight excluding hydrogens is 126 g/mol. The third kappa shape index (κ3) is 1.52. The number of ether oxygens (including phenoxy) is 1. The molecule has 0 unspecified atom stereocenters. The lowest BCUT2D eigenvalue weighted by Crippen LogP contribution is -2.00. The molecule has 1 aliphatic rings. The maximum absolute atomic E-state index is 11.7. The van der Waals surface area contributed by atoms with Gasteiger partial charge in [0.05, 0.1) is 6.26 Å². The Kier molecular flexibility index (Phi) is 1.82. The molecule has 0 aromatic heterocycles. The second-order valence-electron chi connectivity index (χ2n) is 1.63. The van der Waals surface area contributed by atoms with Gasteiger partial charge in [-0.2, -0.15) is 0 Å². The van der Waals surface area contributed by atoms with E-state index in [0.29, 0.717) is 6.42 Å². The number of hydrogen-bond donors (Lipinski definition) is 0. The Hall–Kier alpha value is -0.860. The molecule has 0 atom stereocenters. The average Bonchev–Trinajstić information content (AvgIpc) is 1.90. The standard InChI is InChI=1S/C6H6F2O/c7-6(8)5-3-1-2-4-9-5/h2-4,6H,1H2. The molecule has 3 heteroatoms. The first-order valence-electron chi connectivity index (χ1n) is 2.60. The summed E-state index contributed by atoms with van der Waals surface area (Å²) in [5.74, 6) is -0.238. The van der Waals surface area contributed by atoms with Gasteiger partial charge in [-0.05, 0) is 18.6 Å². The predicted octanol–water partition coefficient (Wildman–Crippen LogP) is 2.07. The zero-order valence-corrected chi connectivity index (χ0v) is 4.68. The highest BCUT2D eigenvalue weighted by molar-refractivity contribution is 5.05. The topological polar surface area (TPSA) is 9.23 Å². The summed E-state index contributed by atoms with van der Waals surface area (Å²) in [5, 5.41) is 0. The molecule has 0 spiro atoms. The van der Waals surface area contributed by atoms with Gasteiger partial charge in [0.1, 0.15) is 0 Å². The number of hydrogen-bond acceptors (Lipinski definition) is 1. The van der Waals surface area contributed by atoms with Crippen LogP contribution < -0.4 is 0 Å². The van der Waals surface area contributed by atoms with Crippen molar-refractivity contribution in [2.45, 2.75) is 12.8 Å². The van der Waals surface area contributed by atoms with Gasteiger partial charge >= 0.3 is 0 Å². The Labute approximate surface area is 51.6 Å². The van der Waals surface area contributed by atoms with E-state index >= 15 is 0 Å². The van der Waals surface area contributed by atoms with Crippen molar-refractivity contribution in [3.05, 3.63) is 24.2 Å². The number of alkyl halides is 2. The van der Waals surface area contributed by atoms with Crippen molar-refractivity contribution >= 4 is 0 Å². The van der Waals surface area contributed by atoms with Gasteiger partial charge in [-0.1, -0.05) is 0 Å². The van der Waals surface area contributed by atoms with Crippen LogP contribution in [-0.2, 0) is 4.74 Å². The van der Waals surface area contributed by atoms with E-state index in [1.165, 1.54) is 12.3 Å². The summed E-state index contributed by atoms with van der Waals surface area (Å²) in [7, 11) is 0. The Morgan fingerprint density at radius 3 is 2.67 bits per heavy atom. The maximum Gasteiger partial charge on any atom is 0.295 e. The van der Waals surface area contributed by atoms with Gasteiger partial charge in [-0.3, -0.25) is 0 Å². The quantitative estimate of drug-likeness (QED) is 0.530. The highest BCUT2D eigenvalue weighted by Crippen LogP contribution is 2.14. The molecule has 0 bridgehead atoms. The van der Waals surface area contributed by atoms with Gasteiger partial charge in [0.15, 0.2) is 5.76 Å². The van der Waals surface area contributed by atoms with Crippen LogP contribution in [0.15, 0.2) is 24.2 Å². The fourth-order valence-corrected chi connectivity index (χ4v) is 0.555. The molecule has 0 aliphatic carbocycles. The highest BCUT2D eigenvalue weighted by atomic mass is 19.3. The van der Waals surface area contributed by atoms with E-state index in [0.717, 1.165) is 0 Å². The smallest absolute Gasteiger partial charge is 0.295 e. The first-order chi connectivity index (χ1) is 4.30. The van der Waals surface area contributed by atoms with Crippen LogP contribution in [0.25, 0.3) is 0 Å². The van der Waals surface area contributed by atoms with Crippen molar-refractivity contribution in [2.24, 2.45) is 0 Å². The summed E-state index contributed by atoms with van der Waals surface area (Å²) >= 11 is 0. The predicted molar refractivity (Wildman–Crippen MR) is 28.9 cm³/mol. The molecule has 0 saturated heterocycles. The third-order valence-corrected chi connectivity index (χ3v) is 0.971. The molecule has 9 heavy (non-hydrogen) atoms. The Bertz CT molecular complexity index is 149. The van der Waals surface area contributed by atoms with E-state index in [9.17, 15) is 8.78 Å². The molecule has 0 N–H and O–H groups in total. The van der Waals surface area contributed by atoms with E-state index in [4.69, 9.17) is 0 Å². The zero-order chi connectivity index (χ0) is 6.69. The lowest BCUT2D eigenvalue weighted by atomic mass is 10.3. The van der Waals surface area contributed by atoms with Gasteiger partial charge in [0.25, 0.3) is 6.43 Å². The van der Waals surface area contributed by atoms with Gasteiger partial charge in [-0.15, -0.1) is 0 Å². The minimum atomic E-state index is -2.48. The van der Waals surface area contributed by atoms with Crippen LogP contribution in [-0.4, -0.2) is 6.43 Å². The molecule has 1 aliphatic heterocycles. The fourth-order valence-electron chi connectivity index (χ4n) is 0.555. The minimum absolute atomic E-state index is 0.238. The zero-order valence-electron chi connectivity index (χ0n) is 4.68. The van der Waals surface area contributed by atoms with Crippen molar-refractivity contribution in [3.63, 3.8) is 0 Å². The lowest BCUT2D eigenvalue weighted by molar-refractivity contribution is 0.118. The monoisotopic (exact) mass is 132 g/mol. The van der Waals surface area contributed by atoms with Crippen molar-refractivity contribution in [3.8, 4) is 0 Å². The van der Waals surface area contributed by atoms with Crippen molar-refractivity contribution in [1.82, 2.24) is 0 Å². The SMILES string of the molecule is FC(F)C1=CCC=CO1. The van der Waals surface area contributed by atoms with E-state index < -0.39 is 6.43 Å². The average molecular weight is 132 g/mol. The Morgan fingerprint density at radius 2 is 2.33 bits per heavy atom. The summed E-state index contributed by atoms with van der Waals surface area (Å²) in [5.41, 5.74) is 0. The number of rotatable bonds is 1. The van der Waals surface area contributed by atoms with Gasteiger partial charge in [0.2, 0.25) is 0 Å². The van der Waals surface area contributed by atoms with Crippen LogP contribution in [0.2, 0.25) is 0 Å². The molecule has 0 radical (unpaired) electrons. The molecule has 50 valence electrons. The number of allylic oxidation sites excluding steroid dienone is 3. The van der Waals surface area contributed by atoms with E-state index in [1.54, 1.807) is 6.08 Å². The molecule has 1 nitrogen and oxygen atoms in total. The van der Waals surface area contributed by atoms with E-state index in [1.807, 2.05) is 0 Å². The van der Waals surface area contributed by atoms with Crippen LogP contribution in [0.5, 0.6) is 0 Å². The highest BCUT2D eigenvalue weighted by Gasteiger charge is 2.11. The molecule has 0 aromatic rings. The van der Waals surface area contributed by atoms with Crippen LogP contribution in [0.3, 0.4) is 0 Å². The molecule has 0 fully saturated rings. The molecular formula is C6H6F2O. The van der Waals surface area contributed by atoms with Crippen LogP contribution in [0, 0.1) is 0 Å². The third-order valence-electron chi connectivity index (χ3n) is 0.971. The first kappa shape index (κ1) is 6.26. The van der Waals surface area contributed by atoms with Crippen molar-refractivity contribution in [2.75, 3.05) is 0 Å². The molecule has 1 rings (SSSR count). The molecule has 0 amide bonds. The molecule has 1 heterocycles. The Morgan fingerprint density at radius 1 is 1.56 bits per heavy atom. The normalized spacial score (nSPS) is 17.4. The second-order valence-corrected chi connectivity index (χ2v) is 1.63. The Balaban J connectivity index is 2.50. The summed E-state index contributed by atoms with van der Waals surface area (Å²) < 4.78 is 27.9. The lowest BCUT2D eigenvalue weighted by Gasteiger charge is -2.06.